The van der Waals surface area contributed by atoms with Gasteiger partial charge >= 0.3 is 5.69 Å². The first-order chi connectivity index (χ1) is 11.9. The van der Waals surface area contributed by atoms with E-state index in [2.05, 4.69) is 38.8 Å². The molecule has 1 aromatic heterocycles. The summed E-state index contributed by atoms with van der Waals surface area (Å²) in [5, 5.41) is 9.21. The molecule has 0 amide bonds. The average Bonchev–Trinajstić information content (AvgIpc) is 2.80. The summed E-state index contributed by atoms with van der Waals surface area (Å²) < 4.78 is 13.7. The number of aliphatic hydroxyl groups excluding tert-OH is 1. The van der Waals surface area contributed by atoms with Gasteiger partial charge in [-0.1, -0.05) is 20.8 Å². The molecule has 0 aromatic carbocycles. The normalized spacial score (nSPS) is 29.9. The number of halogens is 2. The monoisotopic (exact) mass is 423 g/mol. The van der Waals surface area contributed by atoms with Crippen LogP contribution in [-0.2, 0) is 9.16 Å². The Labute approximate surface area is 164 Å². The molecule has 26 heavy (non-hydrogen) atoms. The zero-order chi connectivity index (χ0) is 19.9. The molecule has 2 rings (SSSR count). The third-order valence-corrected chi connectivity index (χ3v) is 10.6. The largest absolute Gasteiger partial charge is 0.409 e. The van der Waals surface area contributed by atoms with E-state index >= 15 is 0 Å². The van der Waals surface area contributed by atoms with Crippen LogP contribution in [0, 0.1) is 0 Å². The van der Waals surface area contributed by atoms with Gasteiger partial charge in [0.05, 0.1) is 18.6 Å². The number of nitrogens with zero attached hydrogens (tertiary/aromatic N) is 2. The van der Waals surface area contributed by atoms with Gasteiger partial charge in [0.15, 0.2) is 14.5 Å². The first-order valence-corrected chi connectivity index (χ1v) is 12.3. The van der Waals surface area contributed by atoms with Crippen molar-refractivity contribution in [2.45, 2.75) is 62.2 Å². The first kappa shape index (κ1) is 21.7. The fraction of sp³-hybridized carbons (Fsp3) is 0.750. The first-order valence-electron chi connectivity index (χ1n) is 8.40. The lowest BCUT2D eigenvalue weighted by molar-refractivity contribution is -0.111. The topological polar surface area (TPSA) is 99.6 Å². The number of ether oxygens (including phenoxy) is 1. The van der Waals surface area contributed by atoms with E-state index in [0.29, 0.717) is 0 Å². The number of aromatic nitrogens is 2. The van der Waals surface area contributed by atoms with Gasteiger partial charge in [0.1, 0.15) is 16.8 Å². The SMILES string of the molecule is CC(C)(C)[Si](C)(C)OC1[C@@H](Cl)[C@H](n2ccc(N)nc2=O)O[C@@]1(CO)CCl. The van der Waals surface area contributed by atoms with E-state index in [1.54, 1.807) is 0 Å². The van der Waals surface area contributed by atoms with Gasteiger partial charge < -0.3 is 20.0 Å². The number of hydrogen-bond donors (Lipinski definition) is 2. The highest BCUT2D eigenvalue weighted by Crippen LogP contribution is 2.46. The molecule has 0 radical (unpaired) electrons. The molecule has 1 aromatic rings. The predicted octanol–water partition coefficient (Wildman–Crippen LogP) is 2.32. The molecule has 0 spiro atoms. The second-order valence-corrected chi connectivity index (χ2v) is 13.7. The minimum atomic E-state index is -2.24. The standard InChI is InChI=1S/C16H27Cl2N3O4Si/c1-15(2,3)26(4,5)25-12-11(18)13(24-16(12,8-17)9-22)21-7-6-10(19)20-14(21)23/h6-7,11-13,22H,8-9H2,1-5H3,(H2,19,20,23)/t11-,12?,13-,16-/m1/s1. The molecule has 1 aliphatic heterocycles. The molecule has 1 saturated heterocycles. The zero-order valence-electron chi connectivity index (χ0n) is 15.7. The molecule has 0 aliphatic carbocycles. The van der Waals surface area contributed by atoms with E-state index in [1.807, 2.05) is 0 Å². The molecule has 1 fully saturated rings. The van der Waals surface area contributed by atoms with Crippen LogP contribution in [0.25, 0.3) is 0 Å². The second kappa shape index (κ2) is 7.41. The fourth-order valence-electron chi connectivity index (χ4n) is 2.59. The maximum atomic E-state index is 12.2. The van der Waals surface area contributed by atoms with E-state index in [4.69, 9.17) is 38.1 Å². The van der Waals surface area contributed by atoms with Crippen molar-refractivity contribution >= 4 is 37.3 Å². The summed E-state index contributed by atoms with van der Waals surface area (Å²) in [6, 6.07) is 1.48. The van der Waals surface area contributed by atoms with Crippen LogP contribution in [0.1, 0.15) is 27.0 Å². The van der Waals surface area contributed by atoms with Crippen LogP contribution in [0.15, 0.2) is 17.1 Å². The zero-order valence-corrected chi connectivity index (χ0v) is 18.2. The lowest BCUT2D eigenvalue weighted by Gasteiger charge is -2.42. The van der Waals surface area contributed by atoms with Crippen molar-refractivity contribution in [3.05, 3.63) is 22.7 Å². The van der Waals surface area contributed by atoms with Crippen LogP contribution in [0.2, 0.25) is 18.1 Å². The van der Waals surface area contributed by atoms with E-state index in [0.717, 1.165) is 0 Å². The molecule has 0 bridgehead atoms. The minimum absolute atomic E-state index is 0.0281. The predicted molar refractivity (Wildman–Crippen MR) is 105 cm³/mol. The Morgan fingerprint density at radius 2 is 2.12 bits per heavy atom. The molecule has 10 heteroatoms. The average molecular weight is 424 g/mol. The Kier molecular flexibility index (Phi) is 6.17. The van der Waals surface area contributed by atoms with Gasteiger partial charge in [0, 0.05) is 6.20 Å². The van der Waals surface area contributed by atoms with Gasteiger partial charge in [0.25, 0.3) is 0 Å². The summed E-state index contributed by atoms with van der Waals surface area (Å²) in [5.74, 6) is 0.0786. The van der Waals surface area contributed by atoms with E-state index in [9.17, 15) is 9.90 Å². The second-order valence-electron chi connectivity index (χ2n) is 8.15. The van der Waals surface area contributed by atoms with Crippen molar-refractivity contribution < 1.29 is 14.3 Å². The van der Waals surface area contributed by atoms with Crippen LogP contribution in [0.3, 0.4) is 0 Å². The summed E-state index contributed by atoms with van der Waals surface area (Å²) in [5.41, 5.74) is 3.75. The number of alkyl halides is 2. The Morgan fingerprint density at radius 1 is 1.50 bits per heavy atom. The fourth-order valence-corrected chi connectivity index (χ4v) is 4.78. The van der Waals surface area contributed by atoms with Gasteiger partial charge in [-0.25, -0.2) is 4.79 Å². The Balaban J connectivity index is 2.45. The Morgan fingerprint density at radius 3 is 2.58 bits per heavy atom. The smallest absolute Gasteiger partial charge is 0.351 e. The van der Waals surface area contributed by atoms with Gasteiger partial charge in [0.2, 0.25) is 0 Å². The quantitative estimate of drug-likeness (QED) is 0.556. The number of anilines is 1. The Bertz CT molecular complexity index is 703. The van der Waals surface area contributed by atoms with E-state index in [-0.39, 0.29) is 23.3 Å². The molecule has 3 N–H and O–H groups in total. The molecule has 7 nitrogen and oxygen atoms in total. The highest BCUT2D eigenvalue weighted by Gasteiger charge is 2.58. The molecule has 2 heterocycles. The van der Waals surface area contributed by atoms with Crippen LogP contribution < -0.4 is 11.4 Å². The van der Waals surface area contributed by atoms with Gasteiger partial charge in [-0.2, -0.15) is 4.98 Å². The summed E-state index contributed by atoms with van der Waals surface area (Å²) in [6.45, 7) is 10.1. The maximum absolute atomic E-state index is 12.2. The molecule has 148 valence electrons. The van der Waals surface area contributed by atoms with Crippen LogP contribution >= 0.6 is 23.2 Å². The molecular weight excluding hydrogens is 397 g/mol. The number of nitrogen functional groups attached to an aromatic ring is 1. The third kappa shape index (κ3) is 3.81. The molecular formula is C16H27Cl2N3O4Si. The van der Waals surface area contributed by atoms with Crippen molar-refractivity contribution in [1.29, 1.82) is 0 Å². The molecule has 1 unspecified atom stereocenters. The lowest BCUT2D eigenvalue weighted by atomic mass is 10.00. The highest BCUT2D eigenvalue weighted by molar-refractivity contribution is 6.74. The summed E-state index contributed by atoms with van der Waals surface area (Å²) in [7, 11) is -2.24. The van der Waals surface area contributed by atoms with Crippen molar-refractivity contribution in [3.8, 4) is 0 Å². The highest BCUT2D eigenvalue weighted by atomic mass is 35.5. The number of rotatable bonds is 5. The maximum Gasteiger partial charge on any atom is 0.351 e. The van der Waals surface area contributed by atoms with Crippen molar-refractivity contribution in [2.24, 2.45) is 0 Å². The van der Waals surface area contributed by atoms with Gasteiger partial charge in [-0.3, -0.25) is 4.57 Å². The van der Waals surface area contributed by atoms with Crippen molar-refractivity contribution in [3.63, 3.8) is 0 Å². The minimum Gasteiger partial charge on any atom is -0.409 e. The van der Waals surface area contributed by atoms with Crippen LogP contribution in [-0.4, -0.2) is 52.5 Å². The summed E-state index contributed by atoms with van der Waals surface area (Å²) in [6.07, 6.45) is -0.0876. The van der Waals surface area contributed by atoms with Gasteiger partial charge in [-0.15, -0.1) is 23.2 Å². The number of nitrogens with two attached hydrogens (primary N) is 1. The van der Waals surface area contributed by atoms with E-state index < -0.39 is 37.3 Å². The lowest BCUT2D eigenvalue weighted by Crippen LogP contribution is -2.55. The molecule has 4 atom stereocenters. The van der Waals surface area contributed by atoms with Crippen LogP contribution in [0.4, 0.5) is 5.82 Å². The Hall–Kier alpha value is -0.643. The van der Waals surface area contributed by atoms with Crippen LogP contribution in [0.5, 0.6) is 0 Å². The summed E-state index contributed by atoms with van der Waals surface area (Å²) in [4.78, 5) is 15.9. The molecule has 1 aliphatic rings. The summed E-state index contributed by atoms with van der Waals surface area (Å²) >= 11 is 12.8. The van der Waals surface area contributed by atoms with Crippen molar-refractivity contribution in [1.82, 2.24) is 9.55 Å². The van der Waals surface area contributed by atoms with Gasteiger partial charge in [-0.05, 0) is 24.2 Å². The van der Waals surface area contributed by atoms with E-state index in [1.165, 1.54) is 16.8 Å². The molecule has 0 saturated carbocycles. The number of aliphatic hydroxyl groups is 1. The third-order valence-electron chi connectivity index (χ3n) is 5.28. The van der Waals surface area contributed by atoms with Crippen molar-refractivity contribution in [2.75, 3.05) is 18.2 Å². The number of hydrogen-bond acceptors (Lipinski definition) is 6.